The molecule has 118 valence electrons. The molecule has 2 heterocycles. The molecule has 4 rings (SSSR count). The Kier molecular flexibility index (Phi) is 3.79. The van der Waals surface area contributed by atoms with Gasteiger partial charge in [-0.05, 0) is 64.8 Å². The number of piperidine rings is 1. The SMILES string of the molecule is CCCN1CC(CO)C[C@H]2c3cccc4[nH]c(Br)c(c34)C[C@@H]21. The maximum atomic E-state index is 9.72. The van der Waals surface area contributed by atoms with Crippen LogP contribution in [0.2, 0.25) is 0 Å². The lowest BCUT2D eigenvalue weighted by Gasteiger charge is -2.47. The van der Waals surface area contributed by atoms with Gasteiger partial charge in [0.1, 0.15) is 0 Å². The molecule has 2 N–H and O–H groups in total. The number of hydrogen-bond donors (Lipinski definition) is 2. The number of aromatic amines is 1. The minimum Gasteiger partial charge on any atom is -0.396 e. The standard InChI is InChI=1S/C18H23BrN2O/c1-2-6-21-9-11(10-22)7-13-12-4-3-5-15-17(12)14(8-16(13)21)18(19)20-15/h3-5,11,13,16,20,22H,2,6-10H2,1H3/t11?,13-,16-/m0/s1. The van der Waals surface area contributed by atoms with Gasteiger partial charge in [-0.1, -0.05) is 19.1 Å². The molecule has 1 unspecified atom stereocenters. The predicted octanol–water partition coefficient (Wildman–Crippen LogP) is 3.66. The van der Waals surface area contributed by atoms with E-state index in [1.54, 1.807) is 0 Å². The molecule has 4 heteroatoms. The number of benzene rings is 1. The molecule has 1 saturated heterocycles. The number of H-pyrrole nitrogens is 1. The van der Waals surface area contributed by atoms with Crippen LogP contribution in [0.3, 0.4) is 0 Å². The Labute approximate surface area is 139 Å². The molecule has 2 aromatic rings. The lowest BCUT2D eigenvalue weighted by molar-refractivity contribution is 0.0571. The van der Waals surface area contributed by atoms with Crippen LogP contribution in [0.25, 0.3) is 10.9 Å². The van der Waals surface area contributed by atoms with Crippen LogP contribution >= 0.6 is 15.9 Å². The average molecular weight is 363 g/mol. The minimum atomic E-state index is 0.309. The van der Waals surface area contributed by atoms with Crippen LogP contribution in [0.4, 0.5) is 0 Å². The third-order valence-corrected chi connectivity index (χ3v) is 6.18. The van der Waals surface area contributed by atoms with Crippen LogP contribution in [-0.4, -0.2) is 40.7 Å². The minimum absolute atomic E-state index is 0.309. The number of aliphatic hydroxyl groups is 1. The first kappa shape index (κ1) is 14.7. The maximum Gasteiger partial charge on any atom is 0.0864 e. The molecule has 1 aromatic carbocycles. The van der Waals surface area contributed by atoms with Crippen LogP contribution in [0.5, 0.6) is 0 Å². The summed E-state index contributed by atoms with van der Waals surface area (Å²) in [5, 5.41) is 11.1. The Morgan fingerprint density at radius 2 is 2.27 bits per heavy atom. The highest BCUT2D eigenvalue weighted by atomic mass is 79.9. The van der Waals surface area contributed by atoms with Crippen molar-refractivity contribution in [3.63, 3.8) is 0 Å². The summed E-state index contributed by atoms with van der Waals surface area (Å²) in [5.74, 6) is 0.961. The first-order valence-corrected chi connectivity index (χ1v) is 9.16. The van der Waals surface area contributed by atoms with Gasteiger partial charge in [0.25, 0.3) is 0 Å². The largest absolute Gasteiger partial charge is 0.396 e. The van der Waals surface area contributed by atoms with Crippen LogP contribution in [0.1, 0.15) is 36.8 Å². The number of halogens is 1. The molecular weight excluding hydrogens is 340 g/mol. The Morgan fingerprint density at radius 3 is 3.05 bits per heavy atom. The number of rotatable bonds is 3. The van der Waals surface area contributed by atoms with E-state index in [1.807, 2.05) is 0 Å². The van der Waals surface area contributed by atoms with E-state index >= 15 is 0 Å². The summed E-state index contributed by atoms with van der Waals surface area (Å²) in [4.78, 5) is 6.11. The van der Waals surface area contributed by atoms with E-state index in [0.29, 0.717) is 24.5 Å². The van der Waals surface area contributed by atoms with Gasteiger partial charge in [-0.3, -0.25) is 4.90 Å². The molecule has 0 bridgehead atoms. The molecule has 1 aliphatic heterocycles. The molecular formula is C18H23BrN2O. The Bertz CT molecular complexity index is 696. The van der Waals surface area contributed by atoms with Crippen molar-refractivity contribution >= 4 is 26.8 Å². The normalized spacial score (nSPS) is 28.0. The molecule has 2 aliphatic rings. The fourth-order valence-electron chi connectivity index (χ4n) is 4.62. The summed E-state index contributed by atoms with van der Waals surface area (Å²) >= 11 is 3.72. The van der Waals surface area contributed by atoms with Crippen molar-refractivity contribution in [1.82, 2.24) is 9.88 Å². The van der Waals surface area contributed by atoms with Crippen molar-refractivity contribution in [3.8, 4) is 0 Å². The van der Waals surface area contributed by atoms with Crippen molar-refractivity contribution < 1.29 is 5.11 Å². The fourth-order valence-corrected chi connectivity index (χ4v) is 5.19. The third kappa shape index (κ3) is 2.15. The zero-order valence-corrected chi connectivity index (χ0v) is 14.6. The van der Waals surface area contributed by atoms with Crippen molar-refractivity contribution in [3.05, 3.63) is 33.9 Å². The second-order valence-electron chi connectivity index (χ2n) is 6.84. The summed E-state index contributed by atoms with van der Waals surface area (Å²) in [5.41, 5.74) is 4.16. The number of fused-ring (bicyclic) bond motifs is 2. The van der Waals surface area contributed by atoms with Crippen molar-refractivity contribution in [2.75, 3.05) is 19.7 Å². The van der Waals surface area contributed by atoms with Gasteiger partial charge >= 0.3 is 0 Å². The van der Waals surface area contributed by atoms with Gasteiger partial charge in [0.15, 0.2) is 0 Å². The fraction of sp³-hybridized carbons (Fsp3) is 0.556. The molecule has 0 spiro atoms. The molecule has 0 amide bonds. The van der Waals surface area contributed by atoms with Gasteiger partial charge in [0.05, 0.1) is 4.60 Å². The summed E-state index contributed by atoms with van der Waals surface area (Å²) in [6.07, 6.45) is 3.40. The highest BCUT2D eigenvalue weighted by Crippen LogP contribution is 2.46. The van der Waals surface area contributed by atoms with Crippen LogP contribution in [0.15, 0.2) is 22.8 Å². The molecule has 0 saturated carbocycles. The van der Waals surface area contributed by atoms with E-state index in [9.17, 15) is 5.11 Å². The zero-order chi connectivity index (χ0) is 15.3. The smallest absolute Gasteiger partial charge is 0.0864 e. The second kappa shape index (κ2) is 5.66. The van der Waals surface area contributed by atoms with E-state index in [2.05, 4.69) is 50.9 Å². The summed E-state index contributed by atoms with van der Waals surface area (Å²) in [6.45, 7) is 4.73. The van der Waals surface area contributed by atoms with Gasteiger partial charge < -0.3 is 10.1 Å². The number of nitrogens with zero attached hydrogens (tertiary/aromatic N) is 1. The molecule has 3 nitrogen and oxygen atoms in total. The van der Waals surface area contributed by atoms with Gasteiger partial charge in [0.2, 0.25) is 0 Å². The Balaban J connectivity index is 1.83. The van der Waals surface area contributed by atoms with Crippen molar-refractivity contribution in [1.29, 1.82) is 0 Å². The van der Waals surface area contributed by atoms with Gasteiger partial charge in [-0.25, -0.2) is 0 Å². The molecule has 0 radical (unpaired) electrons. The molecule has 1 aromatic heterocycles. The monoisotopic (exact) mass is 362 g/mol. The molecule has 1 fully saturated rings. The summed E-state index contributed by atoms with van der Waals surface area (Å²) in [7, 11) is 0. The van der Waals surface area contributed by atoms with Crippen LogP contribution < -0.4 is 0 Å². The number of likely N-dealkylation sites (tertiary alicyclic amines) is 1. The maximum absolute atomic E-state index is 9.72. The summed E-state index contributed by atoms with van der Waals surface area (Å²) < 4.78 is 1.15. The quantitative estimate of drug-likeness (QED) is 0.874. The topological polar surface area (TPSA) is 39.3 Å². The molecule has 1 aliphatic carbocycles. The molecule has 3 atom stereocenters. The van der Waals surface area contributed by atoms with Gasteiger partial charge in [-0.15, -0.1) is 0 Å². The van der Waals surface area contributed by atoms with Crippen LogP contribution in [-0.2, 0) is 6.42 Å². The van der Waals surface area contributed by atoms with E-state index in [1.165, 1.54) is 28.5 Å². The predicted molar refractivity (Wildman–Crippen MR) is 93.3 cm³/mol. The highest BCUT2D eigenvalue weighted by molar-refractivity contribution is 9.10. The van der Waals surface area contributed by atoms with Crippen LogP contribution in [0, 0.1) is 5.92 Å². The van der Waals surface area contributed by atoms with Crippen molar-refractivity contribution in [2.24, 2.45) is 5.92 Å². The van der Waals surface area contributed by atoms with E-state index in [0.717, 1.165) is 30.5 Å². The lowest BCUT2D eigenvalue weighted by Crippen LogP contribution is -2.50. The first-order chi connectivity index (χ1) is 10.7. The summed E-state index contributed by atoms with van der Waals surface area (Å²) in [6, 6.07) is 7.21. The average Bonchev–Trinajstić information content (AvgIpc) is 2.85. The number of hydrogen-bond acceptors (Lipinski definition) is 2. The molecule has 22 heavy (non-hydrogen) atoms. The highest BCUT2D eigenvalue weighted by Gasteiger charge is 2.40. The number of nitrogens with one attached hydrogen (secondary N) is 1. The number of aromatic nitrogens is 1. The Morgan fingerprint density at radius 1 is 1.41 bits per heavy atom. The Hall–Kier alpha value is -0.840. The lowest BCUT2D eigenvalue weighted by atomic mass is 9.72. The second-order valence-corrected chi connectivity index (χ2v) is 7.64. The first-order valence-electron chi connectivity index (χ1n) is 8.36. The van der Waals surface area contributed by atoms with Gasteiger partial charge in [-0.2, -0.15) is 0 Å². The third-order valence-electron chi connectivity index (χ3n) is 5.50. The zero-order valence-electron chi connectivity index (χ0n) is 13.0. The van der Waals surface area contributed by atoms with E-state index in [-0.39, 0.29) is 0 Å². The van der Waals surface area contributed by atoms with Crippen molar-refractivity contribution in [2.45, 2.75) is 38.1 Å². The van der Waals surface area contributed by atoms with Gasteiger partial charge in [0, 0.05) is 36.0 Å². The van der Waals surface area contributed by atoms with E-state index < -0.39 is 0 Å². The van der Waals surface area contributed by atoms with E-state index in [4.69, 9.17) is 0 Å². The number of aliphatic hydroxyl groups excluding tert-OH is 1.